The normalized spacial score (nSPS) is 43.9. The number of allylic oxidation sites excluding steroid dienone is 2. The predicted octanol–water partition coefficient (Wildman–Crippen LogP) is 3.70. The first kappa shape index (κ1) is 11.9. The highest BCUT2D eigenvalue weighted by atomic mass is 16.3. The summed E-state index contributed by atoms with van der Waals surface area (Å²) in [5.41, 5.74) is 2.75. The van der Waals surface area contributed by atoms with Crippen LogP contribution >= 0.6 is 0 Å². The Morgan fingerprint density at radius 2 is 2.12 bits per heavy atom. The minimum Gasteiger partial charge on any atom is -0.393 e. The Morgan fingerprint density at radius 3 is 2.75 bits per heavy atom. The molecule has 0 bridgehead atoms. The third kappa shape index (κ3) is 1.75. The van der Waals surface area contributed by atoms with Gasteiger partial charge in [-0.1, -0.05) is 31.2 Å². The molecule has 1 N–H and O–H groups in total. The first-order valence-corrected chi connectivity index (χ1v) is 6.46. The summed E-state index contributed by atoms with van der Waals surface area (Å²) in [4.78, 5) is 0. The van der Waals surface area contributed by atoms with Gasteiger partial charge in [-0.05, 0) is 50.9 Å². The molecule has 4 atom stereocenters. The number of fused-ring (bicyclic) bond motifs is 1. The quantitative estimate of drug-likeness (QED) is 0.668. The number of aliphatic hydroxyl groups excluding tert-OH is 1. The van der Waals surface area contributed by atoms with Crippen LogP contribution in [0.1, 0.15) is 46.0 Å². The van der Waals surface area contributed by atoms with Gasteiger partial charge in [0.2, 0.25) is 0 Å². The van der Waals surface area contributed by atoms with Crippen LogP contribution in [0, 0.1) is 17.3 Å². The zero-order chi connectivity index (χ0) is 11.9. The van der Waals surface area contributed by atoms with Crippen LogP contribution < -0.4 is 0 Å². The van der Waals surface area contributed by atoms with E-state index in [9.17, 15) is 5.11 Å². The number of hydrogen-bond acceptors (Lipinski definition) is 1. The van der Waals surface area contributed by atoms with Crippen molar-refractivity contribution in [3.05, 3.63) is 24.3 Å². The molecule has 2 fully saturated rings. The molecule has 0 spiro atoms. The van der Waals surface area contributed by atoms with Gasteiger partial charge in [0.15, 0.2) is 0 Å². The summed E-state index contributed by atoms with van der Waals surface area (Å²) in [5, 5.41) is 10.2. The molecular formula is C15H24O. The third-order valence-corrected chi connectivity index (χ3v) is 5.04. The van der Waals surface area contributed by atoms with Crippen molar-refractivity contribution in [2.75, 3.05) is 0 Å². The Kier molecular flexibility index (Phi) is 3.00. The number of aliphatic hydroxyl groups is 1. The van der Waals surface area contributed by atoms with E-state index in [-0.39, 0.29) is 11.5 Å². The van der Waals surface area contributed by atoms with Crippen LogP contribution in [-0.4, -0.2) is 11.2 Å². The van der Waals surface area contributed by atoms with E-state index < -0.39 is 0 Å². The van der Waals surface area contributed by atoms with Gasteiger partial charge in [-0.3, -0.25) is 0 Å². The zero-order valence-electron chi connectivity index (χ0n) is 10.6. The Balaban J connectivity index is 2.21. The molecule has 0 aromatic heterocycles. The van der Waals surface area contributed by atoms with Crippen LogP contribution in [0.4, 0.5) is 0 Å². The lowest BCUT2D eigenvalue weighted by molar-refractivity contribution is -0.0505. The molecule has 0 unspecified atom stereocenters. The van der Waals surface area contributed by atoms with Crippen molar-refractivity contribution in [2.45, 2.75) is 52.1 Å². The molecule has 0 radical (unpaired) electrons. The van der Waals surface area contributed by atoms with Gasteiger partial charge >= 0.3 is 0 Å². The monoisotopic (exact) mass is 220 g/mol. The van der Waals surface area contributed by atoms with E-state index in [4.69, 9.17) is 0 Å². The van der Waals surface area contributed by atoms with Crippen LogP contribution in [0.3, 0.4) is 0 Å². The molecule has 1 nitrogen and oxygen atoms in total. The van der Waals surface area contributed by atoms with Gasteiger partial charge in [0, 0.05) is 5.41 Å². The van der Waals surface area contributed by atoms with Crippen molar-refractivity contribution in [3.8, 4) is 0 Å². The van der Waals surface area contributed by atoms with E-state index in [1.54, 1.807) is 0 Å². The minimum absolute atomic E-state index is 0.0846. The van der Waals surface area contributed by atoms with Crippen molar-refractivity contribution in [3.63, 3.8) is 0 Å². The van der Waals surface area contributed by atoms with Crippen molar-refractivity contribution in [2.24, 2.45) is 17.3 Å². The van der Waals surface area contributed by atoms with E-state index >= 15 is 0 Å². The Labute approximate surface area is 99.3 Å². The standard InChI is InChI=1S/C15H24O/c1-10(2)12-7-8-15(4)13(9-12)11(3)5-6-14(15)16/h12-14,16H,1,3,5-9H2,2,4H3/t12-,13-,14-,15-/m1/s1. The summed E-state index contributed by atoms with van der Waals surface area (Å²) >= 11 is 0. The summed E-state index contributed by atoms with van der Waals surface area (Å²) in [6.45, 7) is 12.7. The summed E-state index contributed by atoms with van der Waals surface area (Å²) in [6.07, 6.45) is 5.24. The summed E-state index contributed by atoms with van der Waals surface area (Å²) in [7, 11) is 0. The highest BCUT2D eigenvalue weighted by Gasteiger charge is 2.48. The molecule has 0 saturated heterocycles. The van der Waals surface area contributed by atoms with Gasteiger partial charge in [0.25, 0.3) is 0 Å². The Bertz CT molecular complexity index is 317. The van der Waals surface area contributed by atoms with E-state index in [0.29, 0.717) is 11.8 Å². The Hall–Kier alpha value is -0.560. The minimum atomic E-state index is -0.130. The maximum Gasteiger partial charge on any atom is 0.0602 e. The third-order valence-electron chi connectivity index (χ3n) is 5.04. The lowest BCUT2D eigenvalue weighted by Crippen LogP contribution is -2.47. The van der Waals surface area contributed by atoms with E-state index in [0.717, 1.165) is 25.7 Å². The molecule has 0 amide bonds. The summed E-state index contributed by atoms with van der Waals surface area (Å²) in [5.74, 6) is 1.15. The second kappa shape index (κ2) is 4.03. The SMILES string of the molecule is C=C(C)[C@@H]1CC[C@@]2(C)[C@H](O)CCC(=C)[C@H]2C1. The van der Waals surface area contributed by atoms with Gasteiger partial charge in [-0.15, -0.1) is 0 Å². The highest BCUT2D eigenvalue weighted by Crippen LogP contribution is 2.54. The van der Waals surface area contributed by atoms with Crippen molar-refractivity contribution in [1.29, 1.82) is 0 Å². The van der Waals surface area contributed by atoms with Crippen LogP contribution in [0.2, 0.25) is 0 Å². The van der Waals surface area contributed by atoms with Crippen LogP contribution in [0.5, 0.6) is 0 Å². The second-order valence-electron chi connectivity index (χ2n) is 6.09. The molecule has 0 aromatic carbocycles. The smallest absolute Gasteiger partial charge is 0.0602 e. The predicted molar refractivity (Wildman–Crippen MR) is 68.1 cm³/mol. The van der Waals surface area contributed by atoms with Crippen molar-refractivity contribution < 1.29 is 5.11 Å². The first-order chi connectivity index (χ1) is 7.45. The molecule has 2 rings (SSSR count). The van der Waals surface area contributed by atoms with Crippen LogP contribution in [0.15, 0.2) is 24.3 Å². The fourth-order valence-corrected chi connectivity index (χ4v) is 3.64. The van der Waals surface area contributed by atoms with E-state index in [1.165, 1.54) is 17.6 Å². The largest absolute Gasteiger partial charge is 0.393 e. The van der Waals surface area contributed by atoms with Crippen LogP contribution in [-0.2, 0) is 0 Å². The molecular weight excluding hydrogens is 196 g/mol. The maximum atomic E-state index is 10.2. The molecule has 2 aliphatic carbocycles. The topological polar surface area (TPSA) is 20.2 Å². The van der Waals surface area contributed by atoms with Crippen LogP contribution in [0.25, 0.3) is 0 Å². The van der Waals surface area contributed by atoms with Gasteiger partial charge in [-0.2, -0.15) is 0 Å². The zero-order valence-corrected chi connectivity index (χ0v) is 10.6. The van der Waals surface area contributed by atoms with Gasteiger partial charge in [0.05, 0.1) is 6.10 Å². The van der Waals surface area contributed by atoms with Gasteiger partial charge in [-0.25, -0.2) is 0 Å². The molecule has 2 aliphatic rings. The highest BCUT2D eigenvalue weighted by molar-refractivity contribution is 5.17. The average molecular weight is 220 g/mol. The second-order valence-corrected chi connectivity index (χ2v) is 6.09. The molecule has 16 heavy (non-hydrogen) atoms. The maximum absolute atomic E-state index is 10.2. The molecule has 1 heteroatoms. The summed E-state index contributed by atoms with van der Waals surface area (Å²) < 4.78 is 0. The van der Waals surface area contributed by atoms with Gasteiger partial charge < -0.3 is 5.11 Å². The lowest BCUT2D eigenvalue weighted by atomic mass is 9.55. The van der Waals surface area contributed by atoms with Gasteiger partial charge in [0.1, 0.15) is 0 Å². The fourth-order valence-electron chi connectivity index (χ4n) is 3.64. The number of rotatable bonds is 1. The van der Waals surface area contributed by atoms with E-state index in [1.807, 2.05) is 0 Å². The molecule has 0 heterocycles. The lowest BCUT2D eigenvalue weighted by Gasteiger charge is -2.51. The fraction of sp³-hybridized carbons (Fsp3) is 0.733. The molecule has 0 aromatic rings. The first-order valence-electron chi connectivity index (χ1n) is 6.46. The average Bonchev–Trinajstić information content (AvgIpc) is 2.24. The molecule has 90 valence electrons. The summed E-state index contributed by atoms with van der Waals surface area (Å²) in [6, 6.07) is 0. The van der Waals surface area contributed by atoms with Crippen molar-refractivity contribution in [1.82, 2.24) is 0 Å². The van der Waals surface area contributed by atoms with E-state index in [2.05, 4.69) is 27.0 Å². The Morgan fingerprint density at radius 1 is 1.44 bits per heavy atom. The molecule has 2 saturated carbocycles. The van der Waals surface area contributed by atoms with Crippen molar-refractivity contribution >= 4 is 0 Å². The number of hydrogen-bond donors (Lipinski definition) is 1. The molecule has 0 aliphatic heterocycles.